The van der Waals surface area contributed by atoms with Crippen LogP contribution < -0.4 is 4.72 Å². The first kappa shape index (κ1) is 14.1. The van der Waals surface area contributed by atoms with Gasteiger partial charge in [-0.05, 0) is 31.3 Å². The van der Waals surface area contributed by atoms with Crippen LogP contribution >= 0.6 is 23.8 Å². The van der Waals surface area contributed by atoms with Crippen molar-refractivity contribution in [2.24, 2.45) is 4.99 Å². The first-order chi connectivity index (χ1) is 7.89. The molecule has 0 heterocycles. The summed E-state index contributed by atoms with van der Waals surface area (Å²) in [6.07, 6.45) is 0. The zero-order valence-electron chi connectivity index (χ0n) is 8.70. The fourth-order valence-corrected chi connectivity index (χ4v) is 1.99. The largest absolute Gasteiger partial charge is 0.282 e. The van der Waals surface area contributed by atoms with E-state index in [1.807, 2.05) is 5.16 Å². The molecule has 0 fully saturated rings. The van der Waals surface area contributed by atoms with E-state index < -0.39 is 15.8 Å². The van der Waals surface area contributed by atoms with E-state index in [0.717, 1.165) is 12.1 Å². The van der Waals surface area contributed by atoms with E-state index in [0.29, 0.717) is 0 Å². The van der Waals surface area contributed by atoms with Crippen molar-refractivity contribution >= 4 is 50.4 Å². The molecule has 0 aromatic heterocycles. The highest BCUT2D eigenvalue weighted by molar-refractivity contribution is 7.92. The van der Waals surface area contributed by atoms with E-state index in [1.54, 1.807) is 0 Å². The van der Waals surface area contributed by atoms with Gasteiger partial charge in [0.05, 0.1) is 21.6 Å². The smallest absolute Gasteiger partial charge is 0.232 e. The molecule has 0 bridgehead atoms. The summed E-state index contributed by atoms with van der Waals surface area (Å²) in [5, 5.41) is 1.94. The van der Waals surface area contributed by atoms with Gasteiger partial charge in [0.25, 0.3) is 0 Å². The predicted octanol–water partition coefficient (Wildman–Crippen LogP) is 2.98. The van der Waals surface area contributed by atoms with Crippen LogP contribution in [0, 0.1) is 5.82 Å². The second-order valence-corrected chi connectivity index (χ2v) is 5.59. The maximum absolute atomic E-state index is 13.3. The van der Waals surface area contributed by atoms with E-state index in [-0.39, 0.29) is 22.2 Å². The van der Waals surface area contributed by atoms with Gasteiger partial charge in [0.2, 0.25) is 10.0 Å². The highest BCUT2D eigenvalue weighted by Crippen LogP contribution is 2.30. The minimum Gasteiger partial charge on any atom is -0.282 e. The van der Waals surface area contributed by atoms with Gasteiger partial charge in [0, 0.05) is 0 Å². The lowest BCUT2D eigenvalue weighted by Gasteiger charge is -2.08. The topological polar surface area (TPSA) is 58.5 Å². The number of nitrogens with one attached hydrogen (secondary N) is 1. The van der Waals surface area contributed by atoms with Gasteiger partial charge in [-0.3, -0.25) is 4.72 Å². The van der Waals surface area contributed by atoms with Crippen molar-refractivity contribution in [3.05, 3.63) is 23.0 Å². The molecule has 0 radical (unpaired) electrons. The Kier molecular flexibility index (Phi) is 4.59. The minimum absolute atomic E-state index is 0.0529. The molecule has 0 aliphatic carbocycles. The Hall–Kier alpha value is -1.01. The number of benzene rings is 1. The molecule has 1 aromatic carbocycles. The molecular weight excluding hydrogens is 287 g/mol. The molecule has 1 aromatic rings. The van der Waals surface area contributed by atoms with E-state index in [9.17, 15) is 12.8 Å². The van der Waals surface area contributed by atoms with Crippen LogP contribution in [0.5, 0.6) is 0 Å². The number of halogens is 2. The number of hydrogen-bond donors (Lipinski definition) is 1. The molecule has 92 valence electrons. The Morgan fingerprint density at radius 3 is 2.76 bits per heavy atom. The summed E-state index contributed by atoms with van der Waals surface area (Å²) in [5.74, 6) is -0.821. The third kappa shape index (κ3) is 3.74. The summed E-state index contributed by atoms with van der Waals surface area (Å²) in [4.78, 5) is 3.46. The summed E-state index contributed by atoms with van der Waals surface area (Å²) < 4.78 is 38.2. The normalized spacial score (nSPS) is 10.8. The van der Waals surface area contributed by atoms with Crippen LogP contribution in [0.1, 0.15) is 6.92 Å². The van der Waals surface area contributed by atoms with Gasteiger partial charge >= 0.3 is 0 Å². The first-order valence-electron chi connectivity index (χ1n) is 4.47. The van der Waals surface area contributed by atoms with Gasteiger partial charge in [-0.1, -0.05) is 11.6 Å². The molecule has 0 atom stereocenters. The number of thiocarbonyl (C=S) groups is 1. The Morgan fingerprint density at radius 2 is 2.24 bits per heavy atom. The second kappa shape index (κ2) is 5.55. The monoisotopic (exact) mass is 294 g/mol. The van der Waals surface area contributed by atoms with Crippen molar-refractivity contribution in [1.82, 2.24) is 0 Å². The van der Waals surface area contributed by atoms with Crippen LogP contribution in [-0.4, -0.2) is 19.3 Å². The molecule has 0 aliphatic heterocycles. The van der Waals surface area contributed by atoms with Crippen molar-refractivity contribution in [2.45, 2.75) is 6.92 Å². The second-order valence-electron chi connectivity index (χ2n) is 2.99. The van der Waals surface area contributed by atoms with E-state index in [1.165, 1.54) is 6.92 Å². The Balaban J connectivity index is 3.25. The average Bonchev–Trinajstić information content (AvgIpc) is 2.25. The van der Waals surface area contributed by atoms with Crippen LogP contribution in [0.3, 0.4) is 0 Å². The molecule has 4 nitrogen and oxygen atoms in total. The molecule has 0 amide bonds. The van der Waals surface area contributed by atoms with Gasteiger partial charge in [-0.2, -0.15) is 4.99 Å². The lowest BCUT2D eigenvalue weighted by Crippen LogP contribution is -2.14. The zero-order chi connectivity index (χ0) is 13.1. The number of aliphatic imine (C=N–C) groups is 1. The fourth-order valence-electron chi connectivity index (χ4n) is 0.990. The van der Waals surface area contributed by atoms with Crippen molar-refractivity contribution in [1.29, 1.82) is 0 Å². The number of anilines is 1. The fraction of sp³-hybridized carbons (Fsp3) is 0.222. The van der Waals surface area contributed by atoms with E-state index in [2.05, 4.69) is 21.9 Å². The summed E-state index contributed by atoms with van der Waals surface area (Å²) in [6, 6.07) is 2.12. The van der Waals surface area contributed by atoms with Crippen LogP contribution in [0.2, 0.25) is 5.02 Å². The molecule has 0 unspecified atom stereocenters. The van der Waals surface area contributed by atoms with Crippen LogP contribution in [0.25, 0.3) is 0 Å². The number of sulfonamides is 1. The molecule has 0 saturated carbocycles. The lowest BCUT2D eigenvalue weighted by molar-refractivity contribution is 0.602. The van der Waals surface area contributed by atoms with Crippen LogP contribution in [-0.2, 0) is 10.0 Å². The van der Waals surface area contributed by atoms with Crippen LogP contribution in [0.4, 0.5) is 15.8 Å². The highest BCUT2D eigenvalue weighted by atomic mass is 35.5. The van der Waals surface area contributed by atoms with Gasteiger partial charge in [0.15, 0.2) is 5.82 Å². The SMILES string of the molecule is CCS(=O)(=O)Nc1cc(N=C=S)c(F)cc1Cl. The maximum atomic E-state index is 13.3. The van der Waals surface area contributed by atoms with Gasteiger partial charge in [-0.25, -0.2) is 12.8 Å². The minimum atomic E-state index is -3.48. The molecule has 17 heavy (non-hydrogen) atoms. The molecular formula is C9H8ClFN2O2S2. The van der Waals surface area contributed by atoms with E-state index >= 15 is 0 Å². The molecule has 0 saturated heterocycles. The predicted molar refractivity (Wildman–Crippen MR) is 69.2 cm³/mol. The van der Waals surface area contributed by atoms with E-state index in [4.69, 9.17) is 11.6 Å². The Labute approximate surface area is 109 Å². The molecule has 0 spiro atoms. The number of rotatable bonds is 4. The summed E-state index contributed by atoms with van der Waals surface area (Å²) >= 11 is 10.1. The molecule has 1 rings (SSSR count). The quantitative estimate of drug-likeness (QED) is 0.686. The number of isothiocyanates is 1. The number of nitrogens with zero attached hydrogens (tertiary/aromatic N) is 1. The van der Waals surface area contributed by atoms with Gasteiger partial charge in [0.1, 0.15) is 5.69 Å². The summed E-state index contributed by atoms with van der Waals surface area (Å²) in [6.45, 7) is 1.47. The zero-order valence-corrected chi connectivity index (χ0v) is 11.1. The summed E-state index contributed by atoms with van der Waals surface area (Å²) in [5.41, 5.74) is -0.0721. The van der Waals surface area contributed by atoms with Crippen LogP contribution in [0.15, 0.2) is 17.1 Å². The summed E-state index contributed by atoms with van der Waals surface area (Å²) in [7, 11) is -3.48. The Morgan fingerprint density at radius 1 is 1.59 bits per heavy atom. The average molecular weight is 295 g/mol. The number of hydrogen-bond acceptors (Lipinski definition) is 4. The standard InChI is InChI=1S/C9H8ClFN2O2S2/c1-2-17(14,15)13-8-4-9(12-5-16)7(11)3-6(8)10/h3-4,13H,2H2,1H3. The van der Waals surface area contributed by atoms with Gasteiger partial charge < -0.3 is 0 Å². The molecule has 1 N–H and O–H groups in total. The van der Waals surface area contributed by atoms with Crippen molar-refractivity contribution in [3.63, 3.8) is 0 Å². The van der Waals surface area contributed by atoms with Gasteiger partial charge in [-0.15, -0.1) is 0 Å². The third-order valence-electron chi connectivity index (χ3n) is 1.85. The van der Waals surface area contributed by atoms with Crippen molar-refractivity contribution in [3.8, 4) is 0 Å². The molecule has 8 heteroatoms. The van der Waals surface area contributed by atoms with Crippen molar-refractivity contribution < 1.29 is 12.8 Å². The third-order valence-corrected chi connectivity index (χ3v) is 3.54. The Bertz CT molecular complexity index is 583. The first-order valence-corrected chi connectivity index (χ1v) is 6.91. The molecule has 0 aliphatic rings. The lowest BCUT2D eigenvalue weighted by atomic mass is 10.3. The van der Waals surface area contributed by atoms with Crippen molar-refractivity contribution in [2.75, 3.05) is 10.5 Å². The maximum Gasteiger partial charge on any atom is 0.232 e. The highest BCUT2D eigenvalue weighted by Gasteiger charge is 2.13.